The summed E-state index contributed by atoms with van der Waals surface area (Å²) in [5.41, 5.74) is 8.98. The summed E-state index contributed by atoms with van der Waals surface area (Å²) in [5.74, 6) is 1.17. The number of anilines is 2. The fourth-order valence-electron chi connectivity index (χ4n) is 3.66. The van der Waals surface area contributed by atoms with E-state index in [1.165, 1.54) is 29.2 Å². The number of ether oxygens (including phenoxy) is 1. The highest BCUT2D eigenvalue weighted by Crippen LogP contribution is 2.31. The molecule has 0 spiro atoms. The van der Waals surface area contributed by atoms with Crippen LogP contribution in [0, 0.1) is 0 Å². The first-order valence-corrected chi connectivity index (χ1v) is 9.36. The van der Waals surface area contributed by atoms with E-state index in [1.54, 1.807) is 13.3 Å². The molecule has 140 valence electrons. The van der Waals surface area contributed by atoms with E-state index in [9.17, 15) is 0 Å². The van der Waals surface area contributed by atoms with Crippen LogP contribution in [-0.4, -0.2) is 36.2 Å². The summed E-state index contributed by atoms with van der Waals surface area (Å²) in [6.45, 7) is 2.08. The second-order valence-electron chi connectivity index (χ2n) is 7.00. The standard InChI is InChI=1S/C21H25N5O/c1-27-18-5-4-15-9-14(10-16-6-8-24-21(22)26-16)11-20(19(15)12-18)25-17-3-2-7-23-13-17/h4-6,8-9,11-12,17,23,25H,2-3,7,10,13H2,1H3,(H2,22,24,26). The number of aromatic nitrogens is 2. The number of methoxy groups -OCH3 is 1. The van der Waals surface area contributed by atoms with Crippen LogP contribution in [0.2, 0.25) is 0 Å². The Morgan fingerprint density at radius 3 is 2.96 bits per heavy atom. The summed E-state index contributed by atoms with van der Waals surface area (Å²) in [6.07, 6.45) is 4.78. The van der Waals surface area contributed by atoms with Crippen molar-refractivity contribution in [1.82, 2.24) is 15.3 Å². The van der Waals surface area contributed by atoms with Gasteiger partial charge in [0.15, 0.2) is 0 Å². The molecule has 1 fully saturated rings. The van der Waals surface area contributed by atoms with Gasteiger partial charge in [0.1, 0.15) is 5.75 Å². The van der Waals surface area contributed by atoms with Crippen molar-refractivity contribution in [3.63, 3.8) is 0 Å². The van der Waals surface area contributed by atoms with E-state index in [2.05, 4.69) is 44.9 Å². The minimum Gasteiger partial charge on any atom is -0.497 e. The molecule has 0 saturated carbocycles. The number of nitrogens with one attached hydrogen (secondary N) is 2. The van der Waals surface area contributed by atoms with E-state index in [-0.39, 0.29) is 0 Å². The molecule has 0 aliphatic carbocycles. The summed E-state index contributed by atoms with van der Waals surface area (Å²) in [5, 5.41) is 9.56. The molecule has 1 aromatic heterocycles. The minimum atomic E-state index is 0.310. The molecular weight excluding hydrogens is 338 g/mol. The maximum Gasteiger partial charge on any atom is 0.220 e. The highest BCUT2D eigenvalue weighted by atomic mass is 16.5. The third kappa shape index (κ3) is 4.11. The van der Waals surface area contributed by atoms with Crippen LogP contribution >= 0.6 is 0 Å². The smallest absolute Gasteiger partial charge is 0.220 e. The SMILES string of the molecule is COc1ccc2cc(Cc3ccnc(N)n3)cc(NC3CCCNC3)c2c1. The lowest BCUT2D eigenvalue weighted by Gasteiger charge is -2.26. The molecule has 1 aliphatic rings. The van der Waals surface area contributed by atoms with Crippen LogP contribution in [0.4, 0.5) is 11.6 Å². The number of nitrogens with zero attached hydrogens (tertiary/aromatic N) is 2. The van der Waals surface area contributed by atoms with E-state index in [1.807, 2.05) is 12.1 Å². The van der Waals surface area contributed by atoms with Crippen molar-refractivity contribution in [3.05, 3.63) is 53.9 Å². The van der Waals surface area contributed by atoms with Gasteiger partial charge in [0.2, 0.25) is 5.95 Å². The number of piperidine rings is 1. The fraction of sp³-hybridized carbons (Fsp3) is 0.333. The molecule has 1 saturated heterocycles. The van der Waals surface area contributed by atoms with Gasteiger partial charge in [0.25, 0.3) is 0 Å². The Labute approximate surface area is 159 Å². The maximum absolute atomic E-state index is 5.73. The van der Waals surface area contributed by atoms with Crippen molar-refractivity contribution in [2.45, 2.75) is 25.3 Å². The van der Waals surface area contributed by atoms with Crippen LogP contribution in [0.25, 0.3) is 10.8 Å². The Hall–Kier alpha value is -2.86. The van der Waals surface area contributed by atoms with Crippen LogP contribution in [0.15, 0.2) is 42.6 Å². The van der Waals surface area contributed by atoms with Gasteiger partial charge in [0.05, 0.1) is 12.8 Å². The highest BCUT2D eigenvalue weighted by molar-refractivity contribution is 5.95. The number of hydrogen-bond donors (Lipinski definition) is 3. The molecule has 0 amide bonds. The van der Waals surface area contributed by atoms with Crippen LogP contribution in [-0.2, 0) is 6.42 Å². The summed E-state index contributed by atoms with van der Waals surface area (Å²) in [7, 11) is 1.70. The van der Waals surface area contributed by atoms with Gasteiger partial charge in [-0.1, -0.05) is 12.1 Å². The average Bonchev–Trinajstić information content (AvgIpc) is 2.68. The third-order valence-electron chi connectivity index (χ3n) is 4.99. The normalized spacial score (nSPS) is 17.0. The predicted octanol–water partition coefficient (Wildman–Crippen LogP) is 2.98. The lowest BCUT2D eigenvalue weighted by Crippen LogP contribution is -2.38. The third-order valence-corrected chi connectivity index (χ3v) is 4.99. The molecule has 3 aromatic rings. The summed E-state index contributed by atoms with van der Waals surface area (Å²) < 4.78 is 5.44. The van der Waals surface area contributed by atoms with Crippen molar-refractivity contribution in [1.29, 1.82) is 0 Å². The summed E-state index contributed by atoms with van der Waals surface area (Å²) >= 11 is 0. The molecule has 2 aromatic carbocycles. The van der Waals surface area contributed by atoms with E-state index in [0.717, 1.165) is 30.2 Å². The predicted molar refractivity (Wildman–Crippen MR) is 109 cm³/mol. The molecule has 27 heavy (non-hydrogen) atoms. The molecular formula is C21H25N5O. The number of nitrogen functional groups attached to an aromatic ring is 1. The summed E-state index contributed by atoms with van der Waals surface area (Å²) in [4.78, 5) is 8.32. The second-order valence-corrected chi connectivity index (χ2v) is 7.00. The molecule has 2 heterocycles. The van der Waals surface area contributed by atoms with Crippen LogP contribution in [0.1, 0.15) is 24.1 Å². The highest BCUT2D eigenvalue weighted by Gasteiger charge is 2.15. The second kappa shape index (κ2) is 7.80. The first-order valence-electron chi connectivity index (χ1n) is 9.36. The zero-order valence-corrected chi connectivity index (χ0v) is 15.5. The zero-order valence-electron chi connectivity index (χ0n) is 15.5. The van der Waals surface area contributed by atoms with Gasteiger partial charge in [-0.2, -0.15) is 0 Å². The van der Waals surface area contributed by atoms with E-state index in [4.69, 9.17) is 10.5 Å². The van der Waals surface area contributed by atoms with Gasteiger partial charge in [-0.25, -0.2) is 9.97 Å². The van der Waals surface area contributed by atoms with Crippen molar-refractivity contribution >= 4 is 22.4 Å². The van der Waals surface area contributed by atoms with Crippen molar-refractivity contribution in [2.75, 3.05) is 31.2 Å². The lowest BCUT2D eigenvalue weighted by atomic mass is 10.00. The van der Waals surface area contributed by atoms with Crippen molar-refractivity contribution in [3.8, 4) is 5.75 Å². The topological polar surface area (TPSA) is 85.1 Å². The van der Waals surface area contributed by atoms with Gasteiger partial charge < -0.3 is 21.1 Å². The largest absolute Gasteiger partial charge is 0.497 e. The Kier molecular flexibility index (Phi) is 5.07. The first kappa shape index (κ1) is 17.5. The van der Waals surface area contributed by atoms with Gasteiger partial charge in [-0.15, -0.1) is 0 Å². The van der Waals surface area contributed by atoms with Gasteiger partial charge >= 0.3 is 0 Å². The van der Waals surface area contributed by atoms with Gasteiger partial charge in [-0.05, 0) is 54.6 Å². The molecule has 0 radical (unpaired) electrons. The van der Waals surface area contributed by atoms with Gasteiger partial charge in [-0.3, -0.25) is 0 Å². The number of rotatable bonds is 5. The van der Waals surface area contributed by atoms with Crippen molar-refractivity contribution in [2.24, 2.45) is 0 Å². The monoisotopic (exact) mass is 363 g/mol. The number of hydrogen-bond acceptors (Lipinski definition) is 6. The molecule has 6 nitrogen and oxygen atoms in total. The number of benzene rings is 2. The Balaban J connectivity index is 1.71. The first-order chi connectivity index (χ1) is 13.2. The Morgan fingerprint density at radius 1 is 1.26 bits per heavy atom. The van der Waals surface area contributed by atoms with Gasteiger partial charge in [0, 0.05) is 36.3 Å². The minimum absolute atomic E-state index is 0.310. The van der Waals surface area contributed by atoms with E-state index >= 15 is 0 Å². The zero-order chi connectivity index (χ0) is 18.6. The van der Waals surface area contributed by atoms with E-state index in [0.29, 0.717) is 18.4 Å². The van der Waals surface area contributed by atoms with Crippen molar-refractivity contribution < 1.29 is 4.74 Å². The molecule has 1 unspecified atom stereocenters. The van der Waals surface area contributed by atoms with Crippen LogP contribution in [0.3, 0.4) is 0 Å². The molecule has 1 aliphatic heterocycles. The van der Waals surface area contributed by atoms with E-state index < -0.39 is 0 Å². The fourth-order valence-corrected chi connectivity index (χ4v) is 3.66. The molecule has 4 N–H and O–H groups in total. The number of nitrogens with two attached hydrogens (primary N) is 1. The van der Waals surface area contributed by atoms with Crippen LogP contribution in [0.5, 0.6) is 5.75 Å². The maximum atomic E-state index is 5.73. The van der Waals surface area contributed by atoms with Crippen LogP contribution < -0.4 is 21.1 Å². The Morgan fingerprint density at radius 2 is 2.19 bits per heavy atom. The quantitative estimate of drug-likeness (QED) is 0.646. The molecule has 4 rings (SSSR count). The lowest BCUT2D eigenvalue weighted by molar-refractivity contribution is 0.415. The average molecular weight is 363 g/mol. The summed E-state index contributed by atoms with van der Waals surface area (Å²) in [6, 6.07) is 13.0. The molecule has 0 bridgehead atoms. The molecule has 1 atom stereocenters. The number of fused-ring (bicyclic) bond motifs is 1. The molecule has 6 heteroatoms. The Bertz CT molecular complexity index is 937.